The summed E-state index contributed by atoms with van der Waals surface area (Å²) in [5.74, 6) is 0.959. The smallest absolute Gasteiger partial charge is 0.350 e. The predicted octanol–water partition coefficient (Wildman–Crippen LogP) is 4.29. The monoisotopic (exact) mass is 451 g/mol. The minimum Gasteiger partial charge on any atom is -0.476 e. The zero-order valence-corrected chi connectivity index (χ0v) is 20.1. The van der Waals surface area contributed by atoms with Gasteiger partial charge in [-0.2, -0.15) is 5.10 Å². The van der Waals surface area contributed by atoms with Gasteiger partial charge in [0.25, 0.3) is 0 Å². The molecule has 0 aliphatic heterocycles. The quantitative estimate of drug-likeness (QED) is 0.491. The highest BCUT2D eigenvalue weighted by Crippen LogP contribution is 2.23. The summed E-state index contributed by atoms with van der Waals surface area (Å²) in [6, 6.07) is 17.6. The van der Waals surface area contributed by atoms with Gasteiger partial charge in [-0.1, -0.05) is 42.5 Å². The number of nitrogens with one attached hydrogen (secondary N) is 1. The molecule has 0 aliphatic rings. The molecular formula is C26H33N3O4. The van der Waals surface area contributed by atoms with Crippen LogP contribution in [0.3, 0.4) is 0 Å². The second-order valence-corrected chi connectivity index (χ2v) is 9.63. The molecule has 3 rings (SSSR count). The van der Waals surface area contributed by atoms with E-state index >= 15 is 0 Å². The largest absolute Gasteiger partial charge is 0.476 e. The Labute approximate surface area is 194 Å². The van der Waals surface area contributed by atoms with Crippen molar-refractivity contribution in [3.8, 4) is 5.75 Å². The molecule has 0 unspecified atom stereocenters. The van der Waals surface area contributed by atoms with Crippen molar-refractivity contribution in [2.24, 2.45) is 0 Å². The molecule has 0 saturated heterocycles. The van der Waals surface area contributed by atoms with Gasteiger partial charge >= 0.3 is 11.7 Å². The topological polar surface area (TPSA) is 86.2 Å². The molecule has 7 nitrogen and oxygen atoms in total. The SMILES string of the molecule is CC(C)(C)OC(=O)C(C)(C)Oc1ccc(CCCc2n[nH]c(=O)n2Cc2ccccc2)cc1. The van der Waals surface area contributed by atoms with Crippen molar-refractivity contribution in [1.29, 1.82) is 0 Å². The summed E-state index contributed by atoms with van der Waals surface area (Å²) in [7, 11) is 0. The number of carbonyl (C=O) groups excluding carboxylic acids is 1. The lowest BCUT2D eigenvalue weighted by molar-refractivity contribution is -0.170. The Morgan fingerprint density at radius 3 is 2.24 bits per heavy atom. The van der Waals surface area contributed by atoms with E-state index in [9.17, 15) is 9.59 Å². The first-order valence-corrected chi connectivity index (χ1v) is 11.2. The number of ether oxygens (including phenoxy) is 2. The molecule has 176 valence electrons. The molecule has 0 aliphatic carbocycles. The van der Waals surface area contributed by atoms with Gasteiger partial charge in [0.1, 0.15) is 17.2 Å². The number of rotatable bonds is 9. The number of carbonyl (C=O) groups is 1. The van der Waals surface area contributed by atoms with Gasteiger partial charge in [0.15, 0.2) is 5.60 Å². The number of hydrogen-bond acceptors (Lipinski definition) is 5. The second-order valence-electron chi connectivity index (χ2n) is 9.63. The molecule has 2 aromatic carbocycles. The van der Waals surface area contributed by atoms with E-state index in [0.29, 0.717) is 18.7 Å². The Morgan fingerprint density at radius 2 is 1.61 bits per heavy atom. The van der Waals surface area contributed by atoms with Crippen LogP contribution in [0.15, 0.2) is 59.4 Å². The number of aryl methyl sites for hydroxylation is 2. The lowest BCUT2D eigenvalue weighted by atomic mass is 10.1. The fourth-order valence-electron chi connectivity index (χ4n) is 3.38. The summed E-state index contributed by atoms with van der Waals surface area (Å²) >= 11 is 0. The Bertz CT molecular complexity index is 1110. The maximum absolute atomic E-state index is 12.4. The number of H-pyrrole nitrogens is 1. The van der Waals surface area contributed by atoms with E-state index in [4.69, 9.17) is 9.47 Å². The van der Waals surface area contributed by atoms with Gasteiger partial charge in [-0.25, -0.2) is 14.7 Å². The summed E-state index contributed by atoms with van der Waals surface area (Å²) in [6.45, 7) is 9.41. The highest BCUT2D eigenvalue weighted by molar-refractivity contribution is 5.79. The maximum atomic E-state index is 12.4. The molecule has 0 radical (unpaired) electrons. The van der Waals surface area contributed by atoms with Gasteiger partial charge in [0.05, 0.1) is 6.54 Å². The van der Waals surface area contributed by atoms with Crippen LogP contribution in [-0.4, -0.2) is 31.9 Å². The van der Waals surface area contributed by atoms with Crippen molar-refractivity contribution in [3.63, 3.8) is 0 Å². The van der Waals surface area contributed by atoms with E-state index in [1.807, 2.05) is 75.4 Å². The Kier molecular flexibility index (Phi) is 7.41. The molecular weight excluding hydrogens is 418 g/mol. The maximum Gasteiger partial charge on any atom is 0.350 e. The van der Waals surface area contributed by atoms with Crippen LogP contribution in [-0.2, 0) is 28.9 Å². The lowest BCUT2D eigenvalue weighted by Crippen LogP contribution is -2.43. The third-order valence-corrected chi connectivity index (χ3v) is 5.07. The second kappa shape index (κ2) is 10.1. The first kappa shape index (κ1) is 24.3. The predicted molar refractivity (Wildman–Crippen MR) is 127 cm³/mol. The molecule has 0 bridgehead atoms. The molecule has 33 heavy (non-hydrogen) atoms. The van der Waals surface area contributed by atoms with E-state index in [2.05, 4.69) is 10.2 Å². The van der Waals surface area contributed by atoms with Crippen LogP contribution in [0.25, 0.3) is 0 Å². The van der Waals surface area contributed by atoms with Gasteiger partial charge in [0, 0.05) is 6.42 Å². The Morgan fingerprint density at radius 1 is 0.939 bits per heavy atom. The summed E-state index contributed by atoms with van der Waals surface area (Å²) < 4.78 is 13.0. The minimum absolute atomic E-state index is 0.192. The molecule has 0 amide bonds. The van der Waals surface area contributed by atoms with Gasteiger partial charge in [-0.05, 0) is 70.7 Å². The molecule has 1 N–H and O–H groups in total. The first-order chi connectivity index (χ1) is 15.5. The zero-order valence-electron chi connectivity index (χ0n) is 20.1. The third kappa shape index (κ3) is 7.07. The van der Waals surface area contributed by atoms with E-state index in [-0.39, 0.29) is 5.69 Å². The zero-order chi connectivity index (χ0) is 24.1. The standard InChI is InChI=1S/C26H33N3O4/c1-25(2,3)33-23(30)26(4,5)32-21-16-14-19(15-17-21)12-9-13-22-27-28-24(31)29(22)18-20-10-7-6-8-11-20/h6-8,10-11,14-17H,9,12-13,18H2,1-5H3,(H,28,31). The normalized spacial score (nSPS) is 11.9. The summed E-state index contributed by atoms with van der Waals surface area (Å²) in [4.78, 5) is 24.5. The van der Waals surface area contributed by atoms with Gasteiger partial charge in [-0.3, -0.25) is 4.57 Å². The molecule has 1 heterocycles. The van der Waals surface area contributed by atoms with Crippen LogP contribution < -0.4 is 10.4 Å². The van der Waals surface area contributed by atoms with E-state index in [1.165, 1.54) is 0 Å². The fraction of sp³-hybridized carbons (Fsp3) is 0.423. The van der Waals surface area contributed by atoms with Crippen LogP contribution >= 0.6 is 0 Å². The minimum atomic E-state index is -1.09. The van der Waals surface area contributed by atoms with Crippen LogP contribution in [0.5, 0.6) is 5.75 Å². The highest BCUT2D eigenvalue weighted by Gasteiger charge is 2.34. The van der Waals surface area contributed by atoms with Gasteiger partial charge < -0.3 is 9.47 Å². The molecule has 1 aromatic heterocycles. The van der Waals surface area contributed by atoms with Gasteiger partial charge in [0.2, 0.25) is 0 Å². The van der Waals surface area contributed by atoms with E-state index in [0.717, 1.165) is 29.8 Å². The van der Waals surface area contributed by atoms with Crippen molar-refractivity contribution in [2.45, 2.75) is 71.6 Å². The summed E-state index contributed by atoms with van der Waals surface area (Å²) in [5.41, 5.74) is 0.360. The van der Waals surface area contributed by atoms with Crippen molar-refractivity contribution < 1.29 is 14.3 Å². The van der Waals surface area contributed by atoms with Crippen LogP contribution in [0.4, 0.5) is 0 Å². The van der Waals surface area contributed by atoms with E-state index in [1.54, 1.807) is 18.4 Å². The number of benzene rings is 2. The average Bonchev–Trinajstić information content (AvgIpc) is 3.08. The molecule has 0 atom stereocenters. The van der Waals surface area contributed by atoms with Crippen molar-refractivity contribution >= 4 is 5.97 Å². The molecule has 0 saturated carbocycles. The number of esters is 1. The lowest BCUT2D eigenvalue weighted by Gasteiger charge is -2.29. The molecule has 3 aromatic rings. The number of aromatic amines is 1. The van der Waals surface area contributed by atoms with Crippen molar-refractivity contribution in [1.82, 2.24) is 14.8 Å². The van der Waals surface area contributed by atoms with E-state index < -0.39 is 17.2 Å². The summed E-state index contributed by atoms with van der Waals surface area (Å²) in [6.07, 6.45) is 2.38. The summed E-state index contributed by atoms with van der Waals surface area (Å²) in [5, 5.41) is 6.76. The number of aromatic nitrogens is 3. The number of hydrogen-bond donors (Lipinski definition) is 1. The van der Waals surface area contributed by atoms with Gasteiger partial charge in [-0.15, -0.1) is 0 Å². The van der Waals surface area contributed by atoms with Crippen LogP contribution in [0.1, 0.15) is 58.0 Å². The van der Waals surface area contributed by atoms with Crippen LogP contribution in [0.2, 0.25) is 0 Å². The van der Waals surface area contributed by atoms with Crippen molar-refractivity contribution in [2.75, 3.05) is 0 Å². The van der Waals surface area contributed by atoms with Crippen LogP contribution in [0, 0.1) is 0 Å². The average molecular weight is 452 g/mol. The fourth-order valence-corrected chi connectivity index (χ4v) is 3.38. The molecule has 7 heteroatoms. The van der Waals surface area contributed by atoms with Crippen molar-refractivity contribution in [3.05, 3.63) is 82.0 Å². The third-order valence-electron chi connectivity index (χ3n) is 5.07. The molecule has 0 spiro atoms. The highest BCUT2D eigenvalue weighted by atomic mass is 16.6. The Balaban J connectivity index is 1.54. The Hall–Kier alpha value is -3.35. The first-order valence-electron chi connectivity index (χ1n) is 11.2. The number of nitrogens with zero attached hydrogens (tertiary/aromatic N) is 2. The molecule has 0 fully saturated rings.